The molecule has 0 heterocycles. The van der Waals surface area contributed by atoms with Gasteiger partial charge in [0, 0.05) is 13.2 Å². The van der Waals surface area contributed by atoms with E-state index < -0.39 is 17.0 Å². The maximum Gasteiger partial charge on any atom is 0.151 e. The molecule has 0 aromatic rings. The number of halogens is 1. The molecule has 0 N–H and O–H groups in total. The Morgan fingerprint density at radius 2 is 0.941 bits per heavy atom. The van der Waals surface area contributed by atoms with Crippen LogP contribution in [0.5, 0.6) is 0 Å². The van der Waals surface area contributed by atoms with Crippen LogP contribution in [0, 0.1) is 34.5 Å². The minimum atomic E-state index is -0.878. The van der Waals surface area contributed by atoms with Crippen molar-refractivity contribution in [2.75, 3.05) is 13.2 Å². The molecule has 0 bridgehead atoms. The lowest BCUT2D eigenvalue weighted by molar-refractivity contribution is -0.195. The lowest BCUT2D eigenvalue weighted by Crippen LogP contribution is -2.69. The molecule has 5 saturated carbocycles. The molecule has 2 spiro atoms. The number of carbonyl (C=O) groups is 1. The Bertz CT molecular complexity index is 619. The number of ether oxygens (including phenoxy) is 2. The maximum absolute atomic E-state index is 16.0. The highest BCUT2D eigenvalue weighted by atomic mass is 19.1. The normalized spacial score (nSPS) is 47.6. The fourth-order valence-electron chi connectivity index (χ4n) is 9.32. The van der Waals surface area contributed by atoms with Gasteiger partial charge in [0.2, 0.25) is 0 Å². The fraction of sp³-hybridized carbons (Fsp3) is 0.967. The minimum absolute atomic E-state index is 0.338. The van der Waals surface area contributed by atoms with E-state index in [1.165, 1.54) is 51.4 Å². The van der Waals surface area contributed by atoms with Crippen molar-refractivity contribution in [2.45, 2.75) is 135 Å². The monoisotopic (exact) mass is 476 g/mol. The summed E-state index contributed by atoms with van der Waals surface area (Å²) < 4.78 is 27.7. The molecule has 0 atom stereocenters. The molecule has 5 aliphatic carbocycles. The van der Waals surface area contributed by atoms with Crippen LogP contribution in [0.25, 0.3) is 0 Å². The van der Waals surface area contributed by atoms with E-state index in [1.54, 1.807) is 0 Å². The highest BCUT2D eigenvalue weighted by molar-refractivity contribution is 5.98. The number of alkyl halides is 1. The fourth-order valence-corrected chi connectivity index (χ4v) is 9.32. The SMILES string of the molecule is CCOC1CCC(C2CCC3(CC2)C(=O)C2(CCC(C4CCC(OCC)CC4)CC2)C3F)CC1. The molecule has 5 fully saturated rings. The third-order valence-electron chi connectivity index (χ3n) is 11.3. The maximum atomic E-state index is 16.0. The molecule has 194 valence electrons. The number of hydrogen-bond donors (Lipinski definition) is 0. The van der Waals surface area contributed by atoms with Crippen LogP contribution >= 0.6 is 0 Å². The summed E-state index contributed by atoms with van der Waals surface area (Å²) in [7, 11) is 0. The Kier molecular flexibility index (Phi) is 7.76. The Hall–Kier alpha value is -0.480. The second kappa shape index (κ2) is 10.5. The summed E-state index contributed by atoms with van der Waals surface area (Å²) in [5.74, 6) is 3.28. The van der Waals surface area contributed by atoms with E-state index in [0.29, 0.717) is 29.8 Å². The van der Waals surface area contributed by atoms with Crippen molar-refractivity contribution < 1.29 is 18.7 Å². The molecule has 0 aromatic carbocycles. The van der Waals surface area contributed by atoms with Gasteiger partial charge in [0.1, 0.15) is 6.17 Å². The van der Waals surface area contributed by atoms with Crippen molar-refractivity contribution >= 4 is 5.78 Å². The first kappa shape index (κ1) is 25.2. The zero-order chi connectivity index (χ0) is 23.8. The summed E-state index contributed by atoms with van der Waals surface area (Å²) in [6.45, 7) is 5.81. The van der Waals surface area contributed by atoms with Crippen LogP contribution in [0.3, 0.4) is 0 Å². The average molecular weight is 477 g/mol. The number of Topliss-reactive ketones (excluding diaryl/α,β-unsaturated/α-hetero) is 1. The van der Waals surface area contributed by atoms with Crippen molar-refractivity contribution in [3.05, 3.63) is 0 Å². The van der Waals surface area contributed by atoms with Crippen LogP contribution in [-0.4, -0.2) is 37.4 Å². The Labute approximate surface area is 207 Å². The van der Waals surface area contributed by atoms with Crippen molar-refractivity contribution in [1.29, 1.82) is 0 Å². The first-order valence-electron chi connectivity index (χ1n) is 14.9. The van der Waals surface area contributed by atoms with Crippen molar-refractivity contribution in [3.63, 3.8) is 0 Å². The smallest absolute Gasteiger partial charge is 0.151 e. The van der Waals surface area contributed by atoms with E-state index in [2.05, 4.69) is 13.8 Å². The predicted molar refractivity (Wildman–Crippen MR) is 133 cm³/mol. The van der Waals surface area contributed by atoms with Crippen LogP contribution in [0.4, 0.5) is 4.39 Å². The number of hydrogen-bond acceptors (Lipinski definition) is 3. The molecule has 5 aliphatic rings. The molecular formula is C30H49FO3. The molecule has 3 nitrogen and oxygen atoms in total. The van der Waals surface area contributed by atoms with E-state index in [4.69, 9.17) is 9.47 Å². The van der Waals surface area contributed by atoms with Gasteiger partial charge in [-0.1, -0.05) is 0 Å². The van der Waals surface area contributed by atoms with Crippen LogP contribution in [0.2, 0.25) is 0 Å². The highest BCUT2D eigenvalue weighted by Crippen LogP contribution is 2.66. The molecule has 0 amide bonds. The van der Waals surface area contributed by atoms with Gasteiger partial charge in [-0.05, 0) is 140 Å². The zero-order valence-corrected chi connectivity index (χ0v) is 21.9. The summed E-state index contributed by atoms with van der Waals surface area (Å²) in [4.78, 5) is 13.6. The molecule has 0 saturated heterocycles. The van der Waals surface area contributed by atoms with E-state index in [0.717, 1.165) is 76.4 Å². The van der Waals surface area contributed by atoms with Crippen LogP contribution in [-0.2, 0) is 14.3 Å². The second-order valence-electron chi connectivity index (χ2n) is 12.7. The quantitative estimate of drug-likeness (QED) is 0.399. The predicted octanol–water partition coefficient (Wildman–Crippen LogP) is 7.45. The lowest BCUT2D eigenvalue weighted by atomic mass is 9.41. The van der Waals surface area contributed by atoms with Crippen LogP contribution in [0.15, 0.2) is 0 Å². The molecule has 34 heavy (non-hydrogen) atoms. The largest absolute Gasteiger partial charge is 0.379 e. The lowest BCUT2D eigenvalue weighted by Gasteiger charge is -2.62. The van der Waals surface area contributed by atoms with Gasteiger partial charge in [-0.15, -0.1) is 0 Å². The molecule has 0 unspecified atom stereocenters. The third kappa shape index (κ3) is 4.42. The second-order valence-corrected chi connectivity index (χ2v) is 12.7. The van der Waals surface area contributed by atoms with Gasteiger partial charge in [0.25, 0.3) is 0 Å². The Balaban J connectivity index is 1.10. The number of rotatable bonds is 6. The van der Waals surface area contributed by atoms with E-state index >= 15 is 4.39 Å². The van der Waals surface area contributed by atoms with Gasteiger partial charge in [0.15, 0.2) is 5.78 Å². The van der Waals surface area contributed by atoms with Gasteiger partial charge in [-0.2, -0.15) is 0 Å². The Morgan fingerprint density at radius 1 is 0.618 bits per heavy atom. The first-order chi connectivity index (χ1) is 16.5. The average Bonchev–Trinajstić information content (AvgIpc) is 2.89. The molecule has 0 radical (unpaired) electrons. The molecule has 4 heteroatoms. The molecule has 0 aromatic heterocycles. The van der Waals surface area contributed by atoms with E-state index in [-0.39, 0.29) is 0 Å². The minimum Gasteiger partial charge on any atom is -0.379 e. The van der Waals surface area contributed by atoms with E-state index in [9.17, 15) is 4.79 Å². The van der Waals surface area contributed by atoms with Gasteiger partial charge in [0.05, 0.1) is 23.0 Å². The summed E-state index contributed by atoms with van der Waals surface area (Å²) in [6.07, 6.45) is 17.3. The van der Waals surface area contributed by atoms with Gasteiger partial charge >= 0.3 is 0 Å². The van der Waals surface area contributed by atoms with Gasteiger partial charge < -0.3 is 9.47 Å². The van der Waals surface area contributed by atoms with Crippen LogP contribution < -0.4 is 0 Å². The third-order valence-corrected chi connectivity index (χ3v) is 11.3. The summed E-state index contributed by atoms with van der Waals surface area (Å²) >= 11 is 0. The Morgan fingerprint density at radius 3 is 1.24 bits per heavy atom. The van der Waals surface area contributed by atoms with E-state index in [1.807, 2.05) is 0 Å². The number of carbonyl (C=O) groups excluding carboxylic acids is 1. The van der Waals surface area contributed by atoms with Crippen LogP contribution in [0.1, 0.15) is 117 Å². The topological polar surface area (TPSA) is 35.5 Å². The highest BCUT2D eigenvalue weighted by Gasteiger charge is 2.71. The zero-order valence-electron chi connectivity index (χ0n) is 21.9. The van der Waals surface area contributed by atoms with Crippen molar-refractivity contribution in [3.8, 4) is 0 Å². The summed E-state index contributed by atoms with van der Waals surface area (Å²) in [6, 6.07) is 0. The van der Waals surface area contributed by atoms with Gasteiger partial charge in [-0.25, -0.2) is 4.39 Å². The molecular weight excluding hydrogens is 427 g/mol. The molecule has 0 aliphatic heterocycles. The summed E-state index contributed by atoms with van der Waals surface area (Å²) in [5, 5.41) is 0. The standard InChI is InChI=1S/C30H49FO3/c1-3-33-25-9-5-21(6-10-25)23-13-17-29(18-14-23)27(31)30(28(29)32)19-15-24(16-20-30)22-7-11-26(12-8-22)34-4-2/h21-27H,3-20H2,1-2H3. The molecule has 5 rings (SSSR count). The number of ketones is 1. The van der Waals surface area contributed by atoms with Gasteiger partial charge in [-0.3, -0.25) is 4.79 Å². The first-order valence-corrected chi connectivity index (χ1v) is 14.9. The summed E-state index contributed by atoms with van der Waals surface area (Å²) in [5.41, 5.74) is -1.22. The van der Waals surface area contributed by atoms with Crippen molar-refractivity contribution in [2.24, 2.45) is 34.5 Å². The van der Waals surface area contributed by atoms with Crippen molar-refractivity contribution in [1.82, 2.24) is 0 Å².